The molecule has 0 saturated heterocycles. The number of hydrogen-bond donors (Lipinski definition) is 2. The molecule has 1 rings (SSSR count). The molecule has 3 nitrogen and oxygen atoms in total. The van der Waals surface area contributed by atoms with Gasteiger partial charge in [-0.05, 0) is 24.0 Å². The fourth-order valence-electron chi connectivity index (χ4n) is 1.97. The van der Waals surface area contributed by atoms with Crippen molar-refractivity contribution in [2.24, 2.45) is 0 Å². The number of rotatable bonds is 7. The normalized spacial score (nSPS) is 12.2. The molecule has 0 aliphatic rings. The van der Waals surface area contributed by atoms with Crippen LogP contribution in [0.1, 0.15) is 43.9 Å². The van der Waals surface area contributed by atoms with Crippen LogP contribution in [0.3, 0.4) is 0 Å². The molecule has 1 amide bonds. The number of hydrogen-bond acceptors (Lipinski definition) is 2. The first-order valence-corrected chi connectivity index (χ1v) is 6.74. The van der Waals surface area contributed by atoms with Crippen molar-refractivity contribution in [3.05, 3.63) is 35.4 Å². The van der Waals surface area contributed by atoms with Crippen LogP contribution in [-0.2, 0) is 11.2 Å². The maximum atomic E-state index is 11.2. The number of carbonyl (C=O) groups excluding carboxylic acids is 1. The molecule has 0 aliphatic carbocycles. The van der Waals surface area contributed by atoms with Crippen molar-refractivity contribution >= 4 is 5.91 Å². The van der Waals surface area contributed by atoms with Gasteiger partial charge in [0.25, 0.3) is 0 Å². The zero-order valence-electron chi connectivity index (χ0n) is 11.6. The highest BCUT2D eigenvalue weighted by Crippen LogP contribution is 2.17. The van der Waals surface area contributed by atoms with Crippen molar-refractivity contribution in [1.29, 1.82) is 0 Å². The molecule has 1 atom stereocenters. The molecule has 0 fully saturated rings. The Balaban J connectivity index is 2.51. The Morgan fingerprint density at radius 3 is 2.39 bits per heavy atom. The molecule has 0 aromatic heterocycles. The number of amides is 1. The molecule has 0 bridgehead atoms. The second kappa shape index (κ2) is 7.88. The van der Waals surface area contributed by atoms with Crippen LogP contribution in [0.15, 0.2) is 24.3 Å². The third-order valence-electron chi connectivity index (χ3n) is 3.22. The van der Waals surface area contributed by atoms with Crippen molar-refractivity contribution in [3.63, 3.8) is 0 Å². The van der Waals surface area contributed by atoms with E-state index in [1.165, 1.54) is 11.1 Å². The lowest BCUT2D eigenvalue weighted by molar-refractivity contribution is -0.120. The molecule has 18 heavy (non-hydrogen) atoms. The molecule has 0 heterocycles. The molecule has 0 saturated carbocycles. The van der Waals surface area contributed by atoms with Gasteiger partial charge in [0.1, 0.15) is 0 Å². The van der Waals surface area contributed by atoms with Crippen molar-refractivity contribution < 1.29 is 4.79 Å². The number of benzene rings is 1. The zero-order chi connectivity index (χ0) is 13.4. The molecule has 3 heteroatoms. The minimum atomic E-state index is 0.0821. The molecule has 1 aromatic rings. The largest absolute Gasteiger partial charge is 0.359 e. The minimum Gasteiger partial charge on any atom is -0.359 e. The summed E-state index contributed by atoms with van der Waals surface area (Å²) in [6.07, 6.45) is 2.63. The van der Waals surface area contributed by atoms with Crippen LogP contribution in [0.5, 0.6) is 0 Å². The van der Waals surface area contributed by atoms with E-state index in [9.17, 15) is 4.79 Å². The van der Waals surface area contributed by atoms with E-state index in [1.54, 1.807) is 7.05 Å². The van der Waals surface area contributed by atoms with Crippen molar-refractivity contribution in [2.45, 2.75) is 39.2 Å². The first kappa shape index (κ1) is 14.7. The fourth-order valence-corrected chi connectivity index (χ4v) is 1.97. The first-order valence-electron chi connectivity index (χ1n) is 6.74. The third-order valence-corrected chi connectivity index (χ3v) is 3.22. The summed E-state index contributed by atoms with van der Waals surface area (Å²) in [5.74, 6) is 0.0821. The van der Waals surface area contributed by atoms with Gasteiger partial charge in [0, 0.05) is 26.1 Å². The van der Waals surface area contributed by atoms with Gasteiger partial charge < -0.3 is 10.6 Å². The predicted molar refractivity (Wildman–Crippen MR) is 75.5 cm³/mol. The predicted octanol–water partition coefficient (Wildman–Crippen LogP) is 2.43. The summed E-state index contributed by atoms with van der Waals surface area (Å²) < 4.78 is 0. The smallest absolute Gasteiger partial charge is 0.221 e. The Labute approximate surface area is 110 Å². The van der Waals surface area contributed by atoms with E-state index in [-0.39, 0.29) is 5.91 Å². The van der Waals surface area contributed by atoms with Gasteiger partial charge in [-0.2, -0.15) is 0 Å². The standard InChI is InChI=1S/C15H24N2O/c1-4-12-6-8-13(9-7-12)14(5-2)17-11-10-15(18)16-3/h6-9,14,17H,4-5,10-11H2,1-3H3,(H,16,18). The topological polar surface area (TPSA) is 41.1 Å². The maximum Gasteiger partial charge on any atom is 0.221 e. The van der Waals surface area contributed by atoms with Crippen LogP contribution in [0.2, 0.25) is 0 Å². The molecule has 2 N–H and O–H groups in total. The third kappa shape index (κ3) is 4.49. The van der Waals surface area contributed by atoms with Crippen LogP contribution >= 0.6 is 0 Å². The number of carbonyl (C=O) groups is 1. The summed E-state index contributed by atoms with van der Waals surface area (Å²) in [5, 5.41) is 6.06. The molecule has 0 aliphatic heterocycles. The van der Waals surface area contributed by atoms with E-state index in [0.29, 0.717) is 19.0 Å². The van der Waals surface area contributed by atoms with Gasteiger partial charge >= 0.3 is 0 Å². The van der Waals surface area contributed by atoms with Crippen molar-refractivity contribution in [3.8, 4) is 0 Å². The lowest BCUT2D eigenvalue weighted by Gasteiger charge is -2.17. The first-order chi connectivity index (χ1) is 8.71. The van der Waals surface area contributed by atoms with Crippen LogP contribution in [0, 0.1) is 0 Å². The molecule has 100 valence electrons. The molecule has 0 spiro atoms. The van der Waals surface area contributed by atoms with Crippen LogP contribution in [-0.4, -0.2) is 19.5 Å². The fraction of sp³-hybridized carbons (Fsp3) is 0.533. The molecule has 1 unspecified atom stereocenters. The van der Waals surface area contributed by atoms with Crippen LogP contribution in [0.4, 0.5) is 0 Å². The van der Waals surface area contributed by atoms with E-state index in [4.69, 9.17) is 0 Å². The Morgan fingerprint density at radius 2 is 1.89 bits per heavy atom. The maximum absolute atomic E-state index is 11.2. The van der Waals surface area contributed by atoms with Gasteiger partial charge in [0.05, 0.1) is 0 Å². The Morgan fingerprint density at radius 1 is 1.22 bits per heavy atom. The Hall–Kier alpha value is -1.35. The van der Waals surface area contributed by atoms with E-state index in [0.717, 1.165) is 12.8 Å². The highest BCUT2D eigenvalue weighted by atomic mass is 16.1. The van der Waals surface area contributed by atoms with Gasteiger partial charge in [-0.3, -0.25) is 4.79 Å². The van der Waals surface area contributed by atoms with E-state index in [1.807, 2.05) is 0 Å². The summed E-state index contributed by atoms with van der Waals surface area (Å²) in [6.45, 7) is 5.03. The van der Waals surface area contributed by atoms with Crippen LogP contribution < -0.4 is 10.6 Å². The second-order valence-electron chi connectivity index (χ2n) is 4.43. The average Bonchev–Trinajstić information content (AvgIpc) is 2.43. The lowest BCUT2D eigenvalue weighted by atomic mass is 10.0. The molecular weight excluding hydrogens is 224 g/mol. The Kier molecular flexibility index (Phi) is 6.44. The van der Waals surface area contributed by atoms with Crippen molar-refractivity contribution in [2.75, 3.05) is 13.6 Å². The average molecular weight is 248 g/mol. The minimum absolute atomic E-state index is 0.0821. The highest BCUT2D eigenvalue weighted by molar-refractivity contribution is 5.75. The quantitative estimate of drug-likeness (QED) is 0.778. The Bertz CT molecular complexity index is 359. The van der Waals surface area contributed by atoms with Gasteiger partial charge in [-0.1, -0.05) is 38.1 Å². The molecule has 0 radical (unpaired) electrons. The number of nitrogens with one attached hydrogen (secondary N) is 2. The summed E-state index contributed by atoms with van der Waals surface area (Å²) >= 11 is 0. The monoisotopic (exact) mass is 248 g/mol. The summed E-state index contributed by atoms with van der Waals surface area (Å²) in [4.78, 5) is 11.2. The SMILES string of the molecule is CCc1ccc(C(CC)NCCC(=O)NC)cc1. The van der Waals surface area contributed by atoms with Gasteiger partial charge in [0.2, 0.25) is 5.91 Å². The summed E-state index contributed by atoms with van der Waals surface area (Å²) in [7, 11) is 1.67. The summed E-state index contributed by atoms with van der Waals surface area (Å²) in [5.41, 5.74) is 2.66. The zero-order valence-corrected chi connectivity index (χ0v) is 11.6. The van der Waals surface area contributed by atoms with E-state index >= 15 is 0 Å². The molecule has 1 aromatic carbocycles. The van der Waals surface area contributed by atoms with E-state index in [2.05, 4.69) is 48.7 Å². The van der Waals surface area contributed by atoms with Crippen molar-refractivity contribution in [1.82, 2.24) is 10.6 Å². The van der Waals surface area contributed by atoms with Crippen LogP contribution in [0.25, 0.3) is 0 Å². The highest BCUT2D eigenvalue weighted by Gasteiger charge is 2.08. The second-order valence-corrected chi connectivity index (χ2v) is 4.43. The number of aryl methyl sites for hydroxylation is 1. The lowest BCUT2D eigenvalue weighted by Crippen LogP contribution is -2.27. The summed E-state index contributed by atoms with van der Waals surface area (Å²) in [6, 6.07) is 9.05. The van der Waals surface area contributed by atoms with Gasteiger partial charge in [0.15, 0.2) is 0 Å². The van der Waals surface area contributed by atoms with Gasteiger partial charge in [-0.15, -0.1) is 0 Å². The molecular formula is C15H24N2O. The van der Waals surface area contributed by atoms with E-state index < -0.39 is 0 Å². The van der Waals surface area contributed by atoms with Gasteiger partial charge in [-0.25, -0.2) is 0 Å².